The van der Waals surface area contributed by atoms with E-state index in [-0.39, 0.29) is 11.0 Å². The maximum absolute atomic E-state index is 11.0. The van der Waals surface area contributed by atoms with Crippen LogP contribution in [0.4, 0.5) is 5.82 Å². The van der Waals surface area contributed by atoms with Gasteiger partial charge >= 0.3 is 0 Å². The normalized spacial score (nSPS) is 40.2. The zero-order chi connectivity index (χ0) is 16.2. The third-order valence-corrected chi connectivity index (χ3v) is 7.14. The third kappa shape index (κ3) is 2.44. The van der Waals surface area contributed by atoms with Crippen LogP contribution in [0.2, 0.25) is 0 Å². The van der Waals surface area contributed by atoms with Crippen LogP contribution in [0.3, 0.4) is 0 Å². The largest absolute Gasteiger partial charge is 0.390 e. The maximum atomic E-state index is 11.0. The molecule has 0 aromatic carbocycles. The smallest absolute Gasteiger partial charge is 0.132 e. The summed E-state index contributed by atoms with van der Waals surface area (Å²) in [6.07, 6.45) is 11.0. The molecule has 130 valence electrons. The maximum Gasteiger partial charge on any atom is 0.132 e. The number of nitrogens with one attached hydrogen (secondary N) is 2. The predicted molar refractivity (Wildman–Crippen MR) is 92.6 cm³/mol. The van der Waals surface area contributed by atoms with Crippen molar-refractivity contribution in [3.63, 3.8) is 0 Å². The lowest BCUT2D eigenvalue weighted by Gasteiger charge is -2.44. The second-order valence-corrected chi connectivity index (χ2v) is 8.85. The first-order valence-electron chi connectivity index (χ1n) is 9.65. The van der Waals surface area contributed by atoms with Crippen molar-refractivity contribution in [3.05, 3.63) is 17.6 Å². The summed E-state index contributed by atoms with van der Waals surface area (Å²) in [4.78, 5) is 8.96. The minimum absolute atomic E-state index is 0.258. The molecular formula is C19H28N4O. The van der Waals surface area contributed by atoms with Crippen molar-refractivity contribution < 1.29 is 5.11 Å². The summed E-state index contributed by atoms with van der Waals surface area (Å²) >= 11 is 0. The highest BCUT2D eigenvalue weighted by Gasteiger charge is 2.56. The molecule has 3 aliphatic carbocycles. The van der Waals surface area contributed by atoms with E-state index in [1.807, 2.05) is 0 Å². The van der Waals surface area contributed by atoms with Gasteiger partial charge in [0.1, 0.15) is 12.1 Å². The second kappa shape index (κ2) is 5.40. The lowest BCUT2D eigenvalue weighted by Crippen LogP contribution is -2.43. The molecule has 1 aromatic rings. The SMILES string of the molecule is OC12CC3CCCC(CNc4ncnc5c4CCNC5)(CC3C1)C2. The van der Waals surface area contributed by atoms with Gasteiger partial charge in [0.05, 0.1) is 11.3 Å². The van der Waals surface area contributed by atoms with Crippen molar-refractivity contribution >= 4 is 5.82 Å². The Labute approximate surface area is 143 Å². The fourth-order valence-electron chi connectivity index (χ4n) is 6.30. The van der Waals surface area contributed by atoms with Gasteiger partial charge < -0.3 is 15.7 Å². The van der Waals surface area contributed by atoms with Crippen LogP contribution in [-0.2, 0) is 13.0 Å². The minimum atomic E-state index is -0.384. The van der Waals surface area contributed by atoms with Crippen LogP contribution in [0.25, 0.3) is 0 Å². The summed E-state index contributed by atoms with van der Waals surface area (Å²) in [6, 6.07) is 0. The fourth-order valence-corrected chi connectivity index (χ4v) is 6.30. The fraction of sp³-hybridized carbons (Fsp3) is 0.789. The molecule has 3 bridgehead atoms. The van der Waals surface area contributed by atoms with E-state index in [4.69, 9.17) is 0 Å². The highest BCUT2D eigenvalue weighted by molar-refractivity contribution is 5.47. The van der Waals surface area contributed by atoms with Crippen molar-refractivity contribution in [3.8, 4) is 0 Å². The molecule has 4 aliphatic rings. The molecular weight excluding hydrogens is 300 g/mol. The number of hydrogen-bond acceptors (Lipinski definition) is 5. The van der Waals surface area contributed by atoms with Gasteiger partial charge in [0, 0.05) is 18.7 Å². The molecule has 0 amide bonds. The molecule has 0 saturated heterocycles. The van der Waals surface area contributed by atoms with Crippen LogP contribution in [0.5, 0.6) is 0 Å². The molecule has 5 rings (SSSR count). The van der Waals surface area contributed by atoms with Crippen LogP contribution in [0.15, 0.2) is 6.33 Å². The average molecular weight is 328 g/mol. The molecule has 4 unspecified atom stereocenters. The Morgan fingerprint density at radius 3 is 3.12 bits per heavy atom. The predicted octanol–water partition coefficient (Wildman–Crippen LogP) is 2.26. The van der Waals surface area contributed by atoms with Gasteiger partial charge in [-0.2, -0.15) is 0 Å². The Bertz CT molecular complexity index is 650. The molecule has 2 heterocycles. The summed E-state index contributed by atoms with van der Waals surface area (Å²) in [6.45, 7) is 2.81. The number of rotatable bonds is 3. The first kappa shape index (κ1) is 15.1. The summed E-state index contributed by atoms with van der Waals surface area (Å²) in [5.41, 5.74) is 2.30. The van der Waals surface area contributed by atoms with E-state index >= 15 is 0 Å². The van der Waals surface area contributed by atoms with Gasteiger partial charge in [0.25, 0.3) is 0 Å². The average Bonchev–Trinajstić information content (AvgIpc) is 2.73. The van der Waals surface area contributed by atoms with E-state index in [0.717, 1.165) is 68.7 Å². The molecule has 0 radical (unpaired) electrons. The molecule has 5 nitrogen and oxygen atoms in total. The highest BCUT2D eigenvalue weighted by atomic mass is 16.3. The molecule has 4 atom stereocenters. The van der Waals surface area contributed by atoms with Crippen LogP contribution in [0, 0.1) is 17.3 Å². The first-order chi connectivity index (χ1) is 11.6. The lowest BCUT2D eigenvalue weighted by atomic mass is 9.65. The quantitative estimate of drug-likeness (QED) is 0.794. The number of aromatic nitrogens is 2. The van der Waals surface area contributed by atoms with Gasteiger partial charge in [-0.3, -0.25) is 0 Å². The van der Waals surface area contributed by atoms with E-state index in [1.54, 1.807) is 6.33 Å². The zero-order valence-corrected chi connectivity index (χ0v) is 14.4. The van der Waals surface area contributed by atoms with Gasteiger partial charge in [0.15, 0.2) is 0 Å². The number of anilines is 1. The summed E-state index contributed by atoms with van der Waals surface area (Å²) in [5.74, 6) is 2.55. The van der Waals surface area contributed by atoms with Crippen molar-refractivity contribution in [1.29, 1.82) is 0 Å². The van der Waals surface area contributed by atoms with Crippen LogP contribution in [0.1, 0.15) is 56.2 Å². The number of nitrogens with zero attached hydrogens (tertiary/aromatic N) is 2. The Morgan fingerprint density at radius 2 is 2.17 bits per heavy atom. The van der Waals surface area contributed by atoms with E-state index < -0.39 is 0 Å². The van der Waals surface area contributed by atoms with Crippen LogP contribution < -0.4 is 10.6 Å². The van der Waals surface area contributed by atoms with E-state index in [9.17, 15) is 5.11 Å². The molecule has 1 aromatic heterocycles. The minimum Gasteiger partial charge on any atom is -0.390 e. The molecule has 5 heteroatoms. The van der Waals surface area contributed by atoms with E-state index in [2.05, 4.69) is 20.6 Å². The molecule has 3 fully saturated rings. The lowest BCUT2D eigenvalue weighted by molar-refractivity contribution is -0.0376. The Hall–Kier alpha value is -1.20. The van der Waals surface area contributed by atoms with Crippen molar-refractivity contribution in [2.75, 3.05) is 18.4 Å². The van der Waals surface area contributed by atoms with E-state index in [1.165, 1.54) is 31.2 Å². The molecule has 0 spiro atoms. The van der Waals surface area contributed by atoms with Crippen molar-refractivity contribution in [2.45, 2.75) is 63.5 Å². The van der Waals surface area contributed by atoms with Gasteiger partial charge in [-0.25, -0.2) is 9.97 Å². The summed E-state index contributed by atoms with van der Waals surface area (Å²) in [7, 11) is 0. The molecule has 1 aliphatic heterocycles. The number of aliphatic hydroxyl groups is 1. The zero-order valence-electron chi connectivity index (χ0n) is 14.4. The highest BCUT2D eigenvalue weighted by Crippen LogP contribution is 2.60. The Kier molecular flexibility index (Phi) is 3.39. The summed E-state index contributed by atoms with van der Waals surface area (Å²) < 4.78 is 0. The topological polar surface area (TPSA) is 70.1 Å². The van der Waals surface area contributed by atoms with Crippen LogP contribution >= 0.6 is 0 Å². The van der Waals surface area contributed by atoms with Gasteiger partial charge in [-0.1, -0.05) is 12.8 Å². The monoisotopic (exact) mass is 328 g/mol. The van der Waals surface area contributed by atoms with Gasteiger partial charge in [0.2, 0.25) is 0 Å². The number of fused-ring (bicyclic) bond motifs is 3. The Balaban J connectivity index is 1.38. The van der Waals surface area contributed by atoms with Gasteiger partial charge in [-0.15, -0.1) is 0 Å². The van der Waals surface area contributed by atoms with E-state index in [0.29, 0.717) is 0 Å². The van der Waals surface area contributed by atoms with Crippen molar-refractivity contribution in [1.82, 2.24) is 15.3 Å². The first-order valence-corrected chi connectivity index (χ1v) is 9.65. The van der Waals surface area contributed by atoms with Crippen LogP contribution in [-0.4, -0.2) is 33.8 Å². The molecule has 24 heavy (non-hydrogen) atoms. The molecule has 3 N–H and O–H groups in total. The third-order valence-electron chi connectivity index (χ3n) is 7.14. The Morgan fingerprint density at radius 1 is 1.25 bits per heavy atom. The number of hydrogen-bond donors (Lipinski definition) is 3. The van der Waals surface area contributed by atoms with Gasteiger partial charge in [-0.05, 0) is 62.3 Å². The van der Waals surface area contributed by atoms with Crippen molar-refractivity contribution in [2.24, 2.45) is 17.3 Å². The molecule has 3 saturated carbocycles. The summed E-state index contributed by atoms with van der Waals surface area (Å²) in [5, 5.41) is 18.1. The second-order valence-electron chi connectivity index (χ2n) is 8.85. The standard InChI is InChI=1S/C19H28N4O/c24-19-7-13-2-1-4-18(10-19,6-14(13)8-19)11-21-17-15-3-5-20-9-16(15)22-12-23-17/h12-14,20,24H,1-11H2,(H,21,22,23).